The first kappa shape index (κ1) is 26.5. The Morgan fingerprint density at radius 2 is 1.66 bits per heavy atom. The van der Waals surface area contributed by atoms with Crippen molar-refractivity contribution in [2.45, 2.75) is 44.3 Å². The number of hydrogen-bond acceptors (Lipinski definition) is 6. The van der Waals surface area contributed by atoms with Gasteiger partial charge in [-0.15, -0.1) is 0 Å². The molecule has 8 heteroatoms. The average Bonchev–Trinajstić information content (AvgIpc) is 2.84. The van der Waals surface area contributed by atoms with Crippen molar-refractivity contribution in [3.8, 4) is 0 Å². The molecule has 0 aliphatic carbocycles. The van der Waals surface area contributed by atoms with E-state index in [0.717, 1.165) is 11.1 Å². The van der Waals surface area contributed by atoms with E-state index in [9.17, 15) is 13.2 Å². The molecule has 0 saturated carbocycles. The zero-order valence-corrected chi connectivity index (χ0v) is 21.2. The Labute approximate surface area is 208 Å². The third-order valence-corrected chi connectivity index (χ3v) is 7.06. The van der Waals surface area contributed by atoms with Gasteiger partial charge in [0.2, 0.25) is 10.0 Å². The molecule has 0 fully saturated rings. The highest BCUT2D eigenvalue weighted by Crippen LogP contribution is 2.17. The minimum absolute atomic E-state index is 0.256. The molecule has 0 amide bonds. The van der Waals surface area contributed by atoms with Crippen LogP contribution in [0.3, 0.4) is 0 Å². The third kappa shape index (κ3) is 8.28. The summed E-state index contributed by atoms with van der Waals surface area (Å²) in [6.45, 7) is 5.87. The number of nitrogens with one attached hydrogen (secondary N) is 1. The summed E-state index contributed by atoms with van der Waals surface area (Å²) >= 11 is 0. The minimum Gasteiger partial charge on any atom is -0.465 e. The molecule has 186 valence electrons. The van der Waals surface area contributed by atoms with Crippen molar-refractivity contribution in [3.05, 3.63) is 95.8 Å². The van der Waals surface area contributed by atoms with Crippen LogP contribution in [0.2, 0.25) is 0 Å². The molecule has 1 unspecified atom stereocenters. The van der Waals surface area contributed by atoms with E-state index in [4.69, 9.17) is 4.74 Å². The summed E-state index contributed by atoms with van der Waals surface area (Å²) in [4.78, 5) is 18.5. The fourth-order valence-electron chi connectivity index (χ4n) is 3.98. The van der Waals surface area contributed by atoms with Crippen molar-refractivity contribution in [1.29, 1.82) is 0 Å². The quantitative estimate of drug-likeness (QED) is 0.378. The van der Waals surface area contributed by atoms with Gasteiger partial charge in [0.25, 0.3) is 0 Å². The van der Waals surface area contributed by atoms with Crippen LogP contribution in [-0.2, 0) is 27.8 Å². The van der Waals surface area contributed by atoms with E-state index in [0.29, 0.717) is 37.5 Å². The number of hydrogen-bond donors (Lipinski definition) is 1. The van der Waals surface area contributed by atoms with Gasteiger partial charge < -0.3 is 4.74 Å². The van der Waals surface area contributed by atoms with Crippen molar-refractivity contribution in [2.75, 3.05) is 13.7 Å². The lowest BCUT2D eigenvalue weighted by molar-refractivity contribution is 0.0600. The number of methoxy groups -OCH3 is 1. The molecule has 0 aliphatic rings. The summed E-state index contributed by atoms with van der Waals surface area (Å²) < 4.78 is 33.9. The van der Waals surface area contributed by atoms with Gasteiger partial charge >= 0.3 is 5.97 Å². The Hall–Kier alpha value is -3.07. The Morgan fingerprint density at radius 3 is 2.26 bits per heavy atom. The summed E-state index contributed by atoms with van der Waals surface area (Å²) in [6, 6.07) is 19.3. The Balaban J connectivity index is 1.83. The second kappa shape index (κ2) is 12.6. The summed E-state index contributed by atoms with van der Waals surface area (Å²) in [5, 5.41) is 0. The van der Waals surface area contributed by atoms with Gasteiger partial charge in [0.05, 0.1) is 17.6 Å². The van der Waals surface area contributed by atoms with Crippen LogP contribution in [0.15, 0.2) is 84.0 Å². The number of aromatic nitrogens is 1. The number of rotatable bonds is 12. The van der Waals surface area contributed by atoms with Crippen molar-refractivity contribution >= 4 is 16.0 Å². The molecule has 1 heterocycles. The van der Waals surface area contributed by atoms with Gasteiger partial charge in [0, 0.05) is 38.1 Å². The molecule has 7 nitrogen and oxygen atoms in total. The highest BCUT2D eigenvalue weighted by molar-refractivity contribution is 7.89. The molecule has 1 aromatic heterocycles. The normalized spacial score (nSPS) is 12.6. The molecule has 0 saturated heterocycles. The summed E-state index contributed by atoms with van der Waals surface area (Å²) in [6.07, 6.45) is 4.24. The van der Waals surface area contributed by atoms with Crippen molar-refractivity contribution in [3.63, 3.8) is 0 Å². The van der Waals surface area contributed by atoms with Crippen molar-refractivity contribution in [2.24, 2.45) is 5.92 Å². The number of nitrogens with zero attached hydrogens (tertiary/aromatic N) is 2. The summed E-state index contributed by atoms with van der Waals surface area (Å²) in [5.41, 5.74) is 2.53. The lowest BCUT2D eigenvalue weighted by atomic mass is 10.0. The lowest BCUT2D eigenvalue weighted by Crippen LogP contribution is -2.44. The molecule has 1 atom stereocenters. The van der Waals surface area contributed by atoms with Crippen LogP contribution in [0.1, 0.15) is 41.8 Å². The largest absolute Gasteiger partial charge is 0.465 e. The number of pyridine rings is 1. The zero-order valence-electron chi connectivity index (χ0n) is 20.4. The van der Waals surface area contributed by atoms with E-state index >= 15 is 0 Å². The first-order valence-electron chi connectivity index (χ1n) is 11.6. The van der Waals surface area contributed by atoms with E-state index in [1.165, 1.54) is 7.11 Å². The molecule has 0 aliphatic heterocycles. The van der Waals surface area contributed by atoms with Crippen LogP contribution >= 0.6 is 0 Å². The van der Waals surface area contributed by atoms with Gasteiger partial charge in [-0.05, 0) is 53.8 Å². The monoisotopic (exact) mass is 495 g/mol. The van der Waals surface area contributed by atoms with E-state index < -0.39 is 10.0 Å². The Morgan fingerprint density at radius 1 is 0.971 bits per heavy atom. The van der Waals surface area contributed by atoms with E-state index in [-0.39, 0.29) is 16.9 Å². The number of ether oxygens (including phenoxy) is 1. The predicted molar refractivity (Wildman–Crippen MR) is 136 cm³/mol. The maximum absolute atomic E-state index is 13.1. The molecular weight excluding hydrogens is 462 g/mol. The maximum atomic E-state index is 13.1. The highest BCUT2D eigenvalue weighted by Gasteiger charge is 2.23. The molecule has 0 radical (unpaired) electrons. The van der Waals surface area contributed by atoms with Crippen molar-refractivity contribution in [1.82, 2.24) is 14.6 Å². The fraction of sp³-hybridized carbons (Fsp3) is 0.333. The first-order valence-corrected chi connectivity index (χ1v) is 13.1. The standard InChI is InChI=1S/C27H33N3O4S/c1-21(2)16-25(29-35(32,33)26-9-5-4-6-10-26)20-30(19-23-8-7-15-28-17-23)18-22-11-13-24(14-12-22)27(31)34-3/h4-15,17,21,25,29H,16,18-20H2,1-3H3. The van der Waals surface area contributed by atoms with Gasteiger partial charge in [-0.1, -0.05) is 50.2 Å². The Bertz CT molecular complexity index is 1170. The van der Waals surface area contributed by atoms with Crippen molar-refractivity contribution < 1.29 is 17.9 Å². The third-order valence-electron chi connectivity index (χ3n) is 5.52. The number of carbonyl (C=O) groups excluding carboxylic acids is 1. The predicted octanol–water partition coefficient (Wildman–Crippen LogP) is 4.26. The molecule has 3 aromatic rings. The van der Waals surface area contributed by atoms with Crippen LogP contribution in [0.4, 0.5) is 0 Å². The van der Waals surface area contributed by atoms with Crippen LogP contribution in [0.5, 0.6) is 0 Å². The van der Waals surface area contributed by atoms with E-state index in [1.807, 2.05) is 30.5 Å². The van der Waals surface area contributed by atoms with Gasteiger partial charge in [0.15, 0.2) is 0 Å². The van der Waals surface area contributed by atoms with Gasteiger partial charge in [-0.2, -0.15) is 0 Å². The number of esters is 1. The van der Waals surface area contributed by atoms with Crippen LogP contribution in [0.25, 0.3) is 0 Å². The van der Waals surface area contributed by atoms with E-state index in [2.05, 4.69) is 28.5 Å². The highest BCUT2D eigenvalue weighted by atomic mass is 32.2. The molecule has 0 spiro atoms. The first-order chi connectivity index (χ1) is 16.8. The minimum atomic E-state index is -3.65. The second-order valence-electron chi connectivity index (χ2n) is 8.98. The number of sulfonamides is 1. The number of benzene rings is 2. The van der Waals surface area contributed by atoms with E-state index in [1.54, 1.807) is 48.7 Å². The zero-order chi connectivity index (χ0) is 25.3. The molecule has 0 bridgehead atoms. The Kier molecular flexibility index (Phi) is 9.54. The molecule has 35 heavy (non-hydrogen) atoms. The number of carbonyl (C=O) groups is 1. The topological polar surface area (TPSA) is 88.6 Å². The van der Waals surface area contributed by atoms with Crippen LogP contribution < -0.4 is 4.72 Å². The average molecular weight is 496 g/mol. The van der Waals surface area contributed by atoms with Crippen LogP contribution in [-0.4, -0.2) is 44.0 Å². The second-order valence-corrected chi connectivity index (χ2v) is 10.7. The smallest absolute Gasteiger partial charge is 0.337 e. The summed E-state index contributed by atoms with van der Waals surface area (Å²) in [7, 11) is -2.30. The van der Waals surface area contributed by atoms with Gasteiger partial charge in [-0.25, -0.2) is 17.9 Å². The SMILES string of the molecule is COC(=O)c1ccc(CN(Cc2cccnc2)CC(CC(C)C)NS(=O)(=O)c2ccccc2)cc1. The molecule has 3 rings (SSSR count). The molecule has 1 N–H and O–H groups in total. The summed E-state index contributed by atoms with van der Waals surface area (Å²) in [5.74, 6) is -0.0749. The van der Waals surface area contributed by atoms with Gasteiger partial charge in [0.1, 0.15) is 0 Å². The molecule has 2 aromatic carbocycles. The fourth-order valence-corrected chi connectivity index (χ4v) is 5.25. The lowest BCUT2D eigenvalue weighted by Gasteiger charge is -2.29. The molecular formula is C27H33N3O4S. The maximum Gasteiger partial charge on any atom is 0.337 e. The van der Waals surface area contributed by atoms with Gasteiger partial charge in [-0.3, -0.25) is 9.88 Å². The van der Waals surface area contributed by atoms with Crippen LogP contribution in [0, 0.1) is 5.92 Å².